The maximum atomic E-state index is 5.70. The third kappa shape index (κ3) is 9.26. The van der Waals surface area contributed by atoms with Crippen LogP contribution in [0.5, 0.6) is 0 Å². The topological polar surface area (TPSA) is 54.9 Å². The summed E-state index contributed by atoms with van der Waals surface area (Å²) < 4.78 is 11.0. The summed E-state index contributed by atoms with van der Waals surface area (Å²) in [7, 11) is 1.82. The molecular weight excluding hydrogens is 278 g/mol. The van der Waals surface area contributed by atoms with E-state index in [1.165, 1.54) is 12.8 Å². The molecule has 1 aliphatic heterocycles. The number of rotatable bonds is 10. The molecule has 130 valence electrons. The molecule has 0 radical (unpaired) electrons. The van der Waals surface area contributed by atoms with Crippen LogP contribution >= 0.6 is 0 Å². The van der Waals surface area contributed by atoms with Gasteiger partial charge in [0.05, 0.1) is 13.2 Å². The van der Waals surface area contributed by atoms with Crippen LogP contribution in [0.2, 0.25) is 0 Å². The summed E-state index contributed by atoms with van der Waals surface area (Å²) in [6, 6.07) is 0.451. The molecule has 0 spiro atoms. The molecule has 0 aromatic rings. The minimum absolute atomic E-state index is 0.451. The van der Waals surface area contributed by atoms with E-state index in [-0.39, 0.29) is 0 Å². The first kappa shape index (κ1) is 19.2. The first-order valence-electron chi connectivity index (χ1n) is 8.74. The molecule has 0 aliphatic carbocycles. The van der Waals surface area contributed by atoms with Gasteiger partial charge < -0.3 is 20.1 Å². The monoisotopic (exact) mass is 313 g/mol. The van der Waals surface area contributed by atoms with Crippen LogP contribution in [-0.4, -0.2) is 52.0 Å². The van der Waals surface area contributed by atoms with Gasteiger partial charge in [0, 0.05) is 38.8 Å². The van der Waals surface area contributed by atoms with E-state index >= 15 is 0 Å². The van der Waals surface area contributed by atoms with Gasteiger partial charge in [-0.1, -0.05) is 13.8 Å². The van der Waals surface area contributed by atoms with Gasteiger partial charge in [-0.25, -0.2) is 0 Å². The minimum Gasteiger partial charge on any atom is -0.381 e. The first-order chi connectivity index (χ1) is 10.6. The van der Waals surface area contributed by atoms with Crippen LogP contribution < -0.4 is 10.6 Å². The average molecular weight is 313 g/mol. The highest BCUT2D eigenvalue weighted by Gasteiger charge is 2.15. The molecule has 2 N–H and O–H groups in total. The zero-order valence-corrected chi connectivity index (χ0v) is 14.9. The lowest BCUT2D eigenvalue weighted by atomic mass is 10.0. The van der Waals surface area contributed by atoms with E-state index < -0.39 is 0 Å². The van der Waals surface area contributed by atoms with Crippen molar-refractivity contribution in [1.82, 2.24) is 10.6 Å². The van der Waals surface area contributed by atoms with Gasteiger partial charge in [-0.3, -0.25) is 4.99 Å². The number of nitrogens with zero attached hydrogens (tertiary/aromatic N) is 1. The number of nitrogens with one attached hydrogen (secondary N) is 2. The molecule has 1 aliphatic rings. The second kappa shape index (κ2) is 11.7. The number of hydrogen-bond acceptors (Lipinski definition) is 3. The van der Waals surface area contributed by atoms with Crippen molar-refractivity contribution >= 4 is 5.96 Å². The summed E-state index contributed by atoms with van der Waals surface area (Å²) in [6.07, 6.45) is 4.55. The van der Waals surface area contributed by atoms with Crippen LogP contribution in [0.4, 0.5) is 0 Å². The molecular formula is C17H35N3O2. The van der Waals surface area contributed by atoms with Crippen LogP contribution in [0.3, 0.4) is 0 Å². The van der Waals surface area contributed by atoms with Crippen molar-refractivity contribution in [2.24, 2.45) is 16.8 Å². The van der Waals surface area contributed by atoms with Crippen LogP contribution in [0, 0.1) is 11.8 Å². The maximum Gasteiger partial charge on any atom is 0.191 e. The van der Waals surface area contributed by atoms with Crippen LogP contribution in [0.15, 0.2) is 4.99 Å². The van der Waals surface area contributed by atoms with Gasteiger partial charge in [-0.15, -0.1) is 0 Å². The normalized spacial score (nSPS) is 20.4. The highest BCUT2D eigenvalue weighted by Crippen LogP contribution is 2.12. The van der Waals surface area contributed by atoms with Crippen molar-refractivity contribution in [3.05, 3.63) is 0 Å². The largest absolute Gasteiger partial charge is 0.381 e. The summed E-state index contributed by atoms with van der Waals surface area (Å²) in [6.45, 7) is 11.0. The molecule has 1 fully saturated rings. The average Bonchev–Trinajstić information content (AvgIpc) is 3.00. The van der Waals surface area contributed by atoms with E-state index in [1.807, 2.05) is 7.05 Å². The lowest BCUT2D eigenvalue weighted by Crippen LogP contribution is -2.42. The Hall–Kier alpha value is -0.810. The molecule has 5 heteroatoms. The van der Waals surface area contributed by atoms with Gasteiger partial charge in [0.15, 0.2) is 5.96 Å². The van der Waals surface area contributed by atoms with Crippen molar-refractivity contribution in [3.63, 3.8) is 0 Å². The summed E-state index contributed by atoms with van der Waals surface area (Å²) in [4.78, 5) is 4.27. The Kier molecular flexibility index (Phi) is 10.2. The first-order valence-corrected chi connectivity index (χ1v) is 8.74. The zero-order valence-electron chi connectivity index (χ0n) is 14.9. The molecule has 0 aromatic carbocycles. The van der Waals surface area contributed by atoms with Gasteiger partial charge in [-0.05, 0) is 38.5 Å². The highest BCUT2D eigenvalue weighted by molar-refractivity contribution is 5.79. The van der Waals surface area contributed by atoms with Gasteiger partial charge in [0.2, 0.25) is 0 Å². The Bertz CT molecular complexity index is 302. The third-order valence-electron chi connectivity index (χ3n) is 3.92. The molecule has 0 bridgehead atoms. The van der Waals surface area contributed by atoms with Crippen molar-refractivity contribution in [2.45, 2.75) is 52.5 Å². The predicted octanol–water partition coefficient (Wildman–Crippen LogP) is 2.42. The zero-order chi connectivity index (χ0) is 16.2. The lowest BCUT2D eigenvalue weighted by molar-refractivity contribution is 0.0888. The quantitative estimate of drug-likeness (QED) is 0.369. The van der Waals surface area contributed by atoms with Crippen LogP contribution in [-0.2, 0) is 9.47 Å². The smallest absolute Gasteiger partial charge is 0.191 e. The summed E-state index contributed by atoms with van der Waals surface area (Å²) in [5.41, 5.74) is 0. The fraction of sp³-hybridized carbons (Fsp3) is 0.941. The van der Waals surface area contributed by atoms with Gasteiger partial charge in [0.1, 0.15) is 0 Å². The van der Waals surface area contributed by atoms with Crippen LogP contribution in [0.1, 0.15) is 46.5 Å². The van der Waals surface area contributed by atoms with Crippen molar-refractivity contribution in [1.29, 1.82) is 0 Å². The molecule has 5 nitrogen and oxygen atoms in total. The van der Waals surface area contributed by atoms with E-state index in [0.717, 1.165) is 57.7 Å². The van der Waals surface area contributed by atoms with Gasteiger partial charge >= 0.3 is 0 Å². The number of guanidine groups is 1. The summed E-state index contributed by atoms with van der Waals surface area (Å²) in [5.74, 6) is 2.24. The summed E-state index contributed by atoms with van der Waals surface area (Å²) in [5, 5.41) is 6.79. The Morgan fingerprint density at radius 3 is 2.77 bits per heavy atom. The lowest BCUT2D eigenvalue weighted by Gasteiger charge is -2.18. The standard InChI is InChI=1S/C17H35N3O2/c1-14(2)6-7-15(3)20-17(18-4)19-9-5-10-21-12-16-8-11-22-13-16/h14-16H,5-13H2,1-4H3,(H2,18,19,20). The van der Waals surface area contributed by atoms with Gasteiger partial charge in [0.25, 0.3) is 0 Å². The fourth-order valence-corrected chi connectivity index (χ4v) is 2.43. The molecule has 1 rings (SSSR count). The van der Waals surface area contributed by atoms with Crippen molar-refractivity contribution < 1.29 is 9.47 Å². The van der Waals surface area contributed by atoms with E-state index in [1.54, 1.807) is 0 Å². The van der Waals surface area contributed by atoms with Crippen molar-refractivity contribution in [2.75, 3.05) is 40.0 Å². The fourth-order valence-electron chi connectivity index (χ4n) is 2.43. The highest BCUT2D eigenvalue weighted by atomic mass is 16.5. The molecule has 0 saturated carbocycles. The molecule has 2 atom stereocenters. The third-order valence-corrected chi connectivity index (χ3v) is 3.92. The Morgan fingerprint density at radius 1 is 1.32 bits per heavy atom. The number of aliphatic imine (C=N–C) groups is 1. The Balaban J connectivity index is 2.00. The van der Waals surface area contributed by atoms with Crippen molar-refractivity contribution in [3.8, 4) is 0 Å². The van der Waals surface area contributed by atoms with E-state index in [2.05, 4.69) is 36.4 Å². The Morgan fingerprint density at radius 2 is 2.14 bits per heavy atom. The van der Waals surface area contributed by atoms with E-state index in [9.17, 15) is 0 Å². The molecule has 0 aromatic heterocycles. The second-order valence-corrected chi connectivity index (χ2v) is 6.67. The maximum absolute atomic E-state index is 5.70. The summed E-state index contributed by atoms with van der Waals surface area (Å²) >= 11 is 0. The molecule has 0 amide bonds. The molecule has 2 unspecified atom stereocenters. The van der Waals surface area contributed by atoms with E-state index in [4.69, 9.17) is 9.47 Å². The second-order valence-electron chi connectivity index (χ2n) is 6.67. The number of ether oxygens (including phenoxy) is 2. The molecule has 1 saturated heterocycles. The minimum atomic E-state index is 0.451. The SMILES string of the molecule is CN=C(NCCCOCC1CCOC1)NC(C)CCC(C)C. The van der Waals surface area contributed by atoms with Gasteiger partial charge in [-0.2, -0.15) is 0 Å². The molecule has 22 heavy (non-hydrogen) atoms. The predicted molar refractivity (Wildman–Crippen MR) is 92.4 cm³/mol. The Labute approximate surface area is 136 Å². The number of hydrogen-bond donors (Lipinski definition) is 2. The van der Waals surface area contributed by atoms with E-state index in [0.29, 0.717) is 12.0 Å². The van der Waals surface area contributed by atoms with Crippen LogP contribution in [0.25, 0.3) is 0 Å². The molecule has 1 heterocycles.